The van der Waals surface area contributed by atoms with Crippen molar-refractivity contribution >= 4 is 23.6 Å². The van der Waals surface area contributed by atoms with Crippen LogP contribution in [-0.2, 0) is 17.0 Å². The molecule has 0 heterocycles. The lowest BCUT2D eigenvalue weighted by atomic mass is 10.1. The number of carboxylic acid groups (broad SMARTS) is 1. The van der Waals surface area contributed by atoms with Gasteiger partial charge in [0.1, 0.15) is 12.3 Å². The number of carbonyl (C=O) groups is 2. The third kappa shape index (κ3) is 8.88. The topological polar surface area (TPSA) is 84.9 Å². The van der Waals surface area contributed by atoms with Crippen LogP contribution in [0, 0.1) is 0 Å². The van der Waals surface area contributed by atoms with E-state index >= 15 is 0 Å². The van der Waals surface area contributed by atoms with Gasteiger partial charge in [-0.2, -0.15) is 24.9 Å². The highest BCUT2D eigenvalue weighted by Gasteiger charge is 2.28. The van der Waals surface area contributed by atoms with Crippen molar-refractivity contribution in [3.8, 4) is 17.2 Å². The first-order valence-electron chi connectivity index (χ1n) is 9.96. The average Bonchev–Trinajstić information content (AvgIpc) is 2.70. The molecular formula is C23H26F3NO5S. The van der Waals surface area contributed by atoms with Crippen LogP contribution in [0.3, 0.4) is 0 Å². The van der Waals surface area contributed by atoms with Gasteiger partial charge in [-0.25, -0.2) is 0 Å². The minimum Gasteiger partial charge on any atom is -0.493 e. The van der Waals surface area contributed by atoms with E-state index in [0.717, 1.165) is 0 Å². The number of nitrogens with one attached hydrogen (secondary N) is 1. The van der Waals surface area contributed by atoms with E-state index in [1.807, 2.05) is 26.1 Å². The van der Waals surface area contributed by atoms with Crippen molar-refractivity contribution in [3.63, 3.8) is 0 Å². The number of hydrogen-bond donors (Lipinski definition) is 2. The van der Waals surface area contributed by atoms with Gasteiger partial charge >= 0.3 is 12.1 Å². The van der Waals surface area contributed by atoms with E-state index in [2.05, 4.69) is 0 Å². The molecule has 0 aromatic heterocycles. The van der Waals surface area contributed by atoms with Crippen LogP contribution in [0.5, 0.6) is 17.2 Å². The molecule has 2 aromatic rings. The van der Waals surface area contributed by atoms with Gasteiger partial charge in [0.15, 0.2) is 11.5 Å². The molecule has 0 unspecified atom stereocenters. The number of alkyl halides is 3. The van der Waals surface area contributed by atoms with E-state index < -0.39 is 24.6 Å². The smallest absolute Gasteiger partial charge is 0.405 e. The molecule has 0 atom stereocenters. The molecule has 0 saturated carbocycles. The molecule has 0 bridgehead atoms. The number of methoxy groups -OCH3 is 1. The number of carbonyl (C=O) groups excluding carboxylic acids is 1. The van der Waals surface area contributed by atoms with Crippen LogP contribution >= 0.6 is 11.8 Å². The molecule has 2 N–H and O–H groups in total. The van der Waals surface area contributed by atoms with Crippen molar-refractivity contribution in [2.75, 3.05) is 13.7 Å². The summed E-state index contributed by atoms with van der Waals surface area (Å²) in [6.45, 7) is 4.60. The summed E-state index contributed by atoms with van der Waals surface area (Å²) in [5.41, 5.74) is 1.18. The molecule has 10 heteroatoms. The SMILES string of the molecule is COc1ccc(CC(=O)O)cc1Oc1ccc(C(=O)NCC(F)(F)F)cc1CSC(C)(C)C. The van der Waals surface area contributed by atoms with Crippen molar-refractivity contribution in [1.82, 2.24) is 5.32 Å². The predicted octanol–water partition coefficient (Wildman–Crippen LogP) is 5.44. The van der Waals surface area contributed by atoms with Crippen LogP contribution in [0.1, 0.15) is 42.3 Å². The van der Waals surface area contributed by atoms with Gasteiger partial charge in [-0.15, -0.1) is 0 Å². The molecule has 0 fully saturated rings. The van der Waals surface area contributed by atoms with Gasteiger partial charge in [0.25, 0.3) is 5.91 Å². The molecule has 0 saturated heterocycles. The fraction of sp³-hybridized carbons (Fsp3) is 0.391. The highest BCUT2D eigenvalue weighted by Crippen LogP contribution is 2.37. The van der Waals surface area contributed by atoms with E-state index in [9.17, 15) is 22.8 Å². The highest BCUT2D eigenvalue weighted by molar-refractivity contribution is 7.99. The van der Waals surface area contributed by atoms with Crippen LogP contribution in [0.25, 0.3) is 0 Å². The molecule has 2 aromatic carbocycles. The first-order chi connectivity index (χ1) is 15.3. The van der Waals surface area contributed by atoms with Gasteiger partial charge in [-0.05, 0) is 35.9 Å². The summed E-state index contributed by atoms with van der Waals surface area (Å²) >= 11 is 1.57. The Labute approximate surface area is 194 Å². The van der Waals surface area contributed by atoms with E-state index in [1.54, 1.807) is 30.0 Å². The number of amides is 1. The van der Waals surface area contributed by atoms with E-state index in [1.165, 1.54) is 25.3 Å². The summed E-state index contributed by atoms with van der Waals surface area (Å²) in [5, 5.41) is 10.9. The standard InChI is InChI=1S/C23H26F3NO5S/c1-22(2,3)33-12-16-11-15(21(30)27-13-23(24,25)26)6-8-17(16)32-19-9-14(10-20(28)29)5-7-18(19)31-4/h5-9,11H,10,12-13H2,1-4H3,(H,27,30)(H,28,29). The summed E-state index contributed by atoms with van der Waals surface area (Å²) in [7, 11) is 1.45. The molecule has 0 spiro atoms. The third-order valence-electron chi connectivity index (χ3n) is 4.24. The van der Waals surface area contributed by atoms with Crippen molar-refractivity contribution in [2.45, 2.75) is 43.9 Å². The van der Waals surface area contributed by atoms with Crippen molar-refractivity contribution in [2.24, 2.45) is 0 Å². The van der Waals surface area contributed by atoms with E-state index in [-0.39, 0.29) is 22.5 Å². The molecule has 0 radical (unpaired) electrons. The Morgan fingerprint density at radius 3 is 2.27 bits per heavy atom. The number of aliphatic carboxylic acids is 1. The molecule has 1 amide bonds. The van der Waals surface area contributed by atoms with Gasteiger partial charge in [-0.1, -0.05) is 26.8 Å². The Morgan fingerprint density at radius 2 is 1.70 bits per heavy atom. The zero-order valence-corrected chi connectivity index (χ0v) is 19.5. The fourth-order valence-corrected chi connectivity index (χ4v) is 3.53. The van der Waals surface area contributed by atoms with Crippen molar-refractivity contribution < 1.29 is 37.3 Å². The summed E-state index contributed by atoms with van der Waals surface area (Å²) < 4.78 is 48.6. The van der Waals surface area contributed by atoms with Gasteiger partial charge in [-0.3, -0.25) is 9.59 Å². The first-order valence-corrected chi connectivity index (χ1v) is 10.9. The molecule has 0 aliphatic heterocycles. The Bertz CT molecular complexity index is 1000. The summed E-state index contributed by atoms with van der Waals surface area (Å²) in [6, 6.07) is 9.13. The molecule has 2 rings (SSSR count). The number of halogens is 3. The molecule has 0 aliphatic carbocycles. The molecule has 33 heavy (non-hydrogen) atoms. The van der Waals surface area contributed by atoms with Crippen LogP contribution in [-0.4, -0.2) is 41.6 Å². The van der Waals surface area contributed by atoms with Crippen molar-refractivity contribution in [3.05, 3.63) is 53.1 Å². The number of rotatable bonds is 9. The zero-order valence-electron chi connectivity index (χ0n) is 18.7. The quantitative estimate of drug-likeness (QED) is 0.492. The molecular weight excluding hydrogens is 459 g/mol. The number of benzene rings is 2. The summed E-state index contributed by atoms with van der Waals surface area (Å²) in [6.07, 6.45) is -4.72. The number of ether oxygens (including phenoxy) is 2. The lowest BCUT2D eigenvalue weighted by molar-refractivity contribution is -0.136. The van der Waals surface area contributed by atoms with E-state index in [4.69, 9.17) is 14.6 Å². The maximum atomic E-state index is 12.5. The Balaban J connectivity index is 2.38. The molecule has 6 nitrogen and oxygen atoms in total. The third-order valence-corrected chi connectivity index (χ3v) is 5.56. The number of thioether (sulfide) groups is 1. The van der Waals surface area contributed by atoms with Crippen LogP contribution in [0.2, 0.25) is 0 Å². The minimum atomic E-state index is -4.51. The second-order valence-electron chi connectivity index (χ2n) is 8.18. The Kier molecular flexibility index (Phi) is 8.65. The first kappa shape index (κ1) is 26.4. The van der Waals surface area contributed by atoms with Gasteiger partial charge in [0.05, 0.1) is 13.5 Å². The average molecular weight is 486 g/mol. The van der Waals surface area contributed by atoms with Crippen molar-refractivity contribution in [1.29, 1.82) is 0 Å². The molecule has 0 aliphatic rings. The normalized spacial score (nSPS) is 11.7. The van der Waals surface area contributed by atoms with Crippen LogP contribution in [0.4, 0.5) is 13.2 Å². The maximum absolute atomic E-state index is 12.5. The highest BCUT2D eigenvalue weighted by atomic mass is 32.2. The fourth-order valence-electron chi connectivity index (χ4n) is 2.71. The summed E-state index contributed by atoms with van der Waals surface area (Å²) in [4.78, 5) is 23.3. The molecule has 180 valence electrons. The number of hydrogen-bond acceptors (Lipinski definition) is 5. The largest absolute Gasteiger partial charge is 0.493 e. The second kappa shape index (κ2) is 10.8. The monoisotopic (exact) mass is 485 g/mol. The lowest BCUT2D eigenvalue weighted by Gasteiger charge is -2.20. The van der Waals surface area contributed by atoms with Gasteiger partial charge in [0.2, 0.25) is 0 Å². The van der Waals surface area contributed by atoms with Gasteiger partial charge < -0.3 is 19.9 Å². The minimum absolute atomic E-state index is 0.0719. The lowest BCUT2D eigenvalue weighted by Crippen LogP contribution is -2.33. The predicted molar refractivity (Wildman–Crippen MR) is 120 cm³/mol. The zero-order chi connectivity index (χ0) is 24.8. The van der Waals surface area contributed by atoms with E-state index in [0.29, 0.717) is 28.4 Å². The maximum Gasteiger partial charge on any atom is 0.405 e. The Hall–Kier alpha value is -2.88. The Morgan fingerprint density at radius 1 is 1.03 bits per heavy atom. The summed E-state index contributed by atoms with van der Waals surface area (Å²) in [5.74, 6) is -0.372. The number of carboxylic acids is 1. The second-order valence-corrected chi connectivity index (χ2v) is 9.98. The van der Waals surface area contributed by atoms with Crippen LogP contribution in [0.15, 0.2) is 36.4 Å². The van der Waals surface area contributed by atoms with Gasteiger partial charge in [0, 0.05) is 21.6 Å². The van der Waals surface area contributed by atoms with Crippen LogP contribution < -0.4 is 14.8 Å².